The third-order valence-corrected chi connectivity index (χ3v) is 4.64. The number of benzene rings is 1. The average molecular weight is 327 g/mol. The van der Waals surface area contributed by atoms with Gasteiger partial charge >= 0.3 is 0 Å². The number of hydrogen-bond acceptors (Lipinski definition) is 3. The van der Waals surface area contributed by atoms with Crippen LogP contribution < -0.4 is 10.1 Å². The molecule has 1 aromatic heterocycles. The summed E-state index contributed by atoms with van der Waals surface area (Å²) in [4.78, 5) is 12.7. The van der Waals surface area contributed by atoms with Crippen LogP contribution >= 0.6 is 0 Å². The Morgan fingerprint density at radius 2 is 2.25 bits per heavy atom. The van der Waals surface area contributed by atoms with Gasteiger partial charge in [0.2, 0.25) is 0 Å². The summed E-state index contributed by atoms with van der Waals surface area (Å²) >= 11 is 0. The number of rotatable bonds is 5. The summed E-state index contributed by atoms with van der Waals surface area (Å²) in [6.45, 7) is 2.11. The van der Waals surface area contributed by atoms with Gasteiger partial charge in [0.05, 0.1) is 18.8 Å². The Bertz CT molecular complexity index is 736. The van der Waals surface area contributed by atoms with Crippen LogP contribution in [0.5, 0.6) is 5.75 Å². The second-order valence-corrected chi connectivity index (χ2v) is 6.38. The largest absolute Gasteiger partial charge is 0.497 e. The Morgan fingerprint density at radius 3 is 3.00 bits per heavy atom. The molecule has 5 heteroatoms. The van der Waals surface area contributed by atoms with Crippen molar-refractivity contribution in [3.05, 3.63) is 46.8 Å². The maximum Gasteiger partial charge on any atom is 0.270 e. The Labute approximate surface area is 143 Å². The van der Waals surface area contributed by atoms with E-state index in [0.717, 1.165) is 43.5 Å². The molecule has 1 unspecified atom stereocenters. The number of nitrogens with zero attached hydrogens (tertiary/aromatic N) is 2. The van der Waals surface area contributed by atoms with Gasteiger partial charge in [-0.15, -0.1) is 0 Å². The van der Waals surface area contributed by atoms with E-state index in [2.05, 4.69) is 29.5 Å². The van der Waals surface area contributed by atoms with Crippen molar-refractivity contribution in [2.24, 2.45) is 7.05 Å². The highest BCUT2D eigenvalue weighted by molar-refractivity contribution is 5.93. The van der Waals surface area contributed by atoms with Crippen LogP contribution in [0.25, 0.3) is 0 Å². The van der Waals surface area contributed by atoms with E-state index in [1.807, 2.05) is 19.2 Å². The van der Waals surface area contributed by atoms with Gasteiger partial charge in [0.15, 0.2) is 0 Å². The zero-order chi connectivity index (χ0) is 17.1. The minimum absolute atomic E-state index is 0.0525. The van der Waals surface area contributed by atoms with Gasteiger partial charge in [0.25, 0.3) is 5.91 Å². The second-order valence-electron chi connectivity index (χ2n) is 6.38. The van der Waals surface area contributed by atoms with Gasteiger partial charge in [0, 0.05) is 7.05 Å². The molecule has 1 aliphatic rings. The number of hydrogen-bond donors (Lipinski definition) is 1. The number of aromatic nitrogens is 2. The molecular weight excluding hydrogens is 302 g/mol. The number of ether oxygens (including phenoxy) is 1. The summed E-state index contributed by atoms with van der Waals surface area (Å²) < 4.78 is 6.99. The van der Waals surface area contributed by atoms with E-state index in [9.17, 15) is 4.79 Å². The quantitative estimate of drug-likeness (QED) is 0.917. The summed E-state index contributed by atoms with van der Waals surface area (Å²) in [6.07, 6.45) is 4.98. The predicted octanol–water partition coefficient (Wildman–Crippen LogP) is 3.19. The van der Waals surface area contributed by atoms with Gasteiger partial charge in [-0.2, -0.15) is 5.10 Å². The number of aryl methyl sites for hydroxylation is 3. The first-order chi connectivity index (χ1) is 11.6. The standard InChI is InChI=1S/C19H25N3O2/c1-4-6-14-12-18(22(2)21-14)19(23)20-17-8-5-7-13-11-15(24-3)9-10-16(13)17/h9-12,17H,4-8H2,1-3H3,(H,20,23). The summed E-state index contributed by atoms with van der Waals surface area (Å²) in [6, 6.07) is 8.07. The van der Waals surface area contributed by atoms with Crippen LogP contribution in [0, 0.1) is 0 Å². The first kappa shape index (κ1) is 16.6. The van der Waals surface area contributed by atoms with Crippen molar-refractivity contribution < 1.29 is 9.53 Å². The molecule has 128 valence electrons. The molecule has 0 radical (unpaired) electrons. The van der Waals surface area contributed by atoms with Crippen LogP contribution in [0.1, 0.15) is 59.5 Å². The van der Waals surface area contributed by atoms with Crippen molar-refractivity contribution in [3.63, 3.8) is 0 Å². The van der Waals surface area contributed by atoms with E-state index in [1.165, 1.54) is 11.1 Å². The number of carbonyl (C=O) groups is 1. The molecule has 1 heterocycles. The molecular formula is C19H25N3O2. The average Bonchev–Trinajstić information content (AvgIpc) is 2.95. The summed E-state index contributed by atoms with van der Waals surface area (Å²) in [5.74, 6) is 0.817. The van der Waals surface area contributed by atoms with E-state index in [-0.39, 0.29) is 11.9 Å². The maximum absolute atomic E-state index is 12.7. The van der Waals surface area contributed by atoms with Crippen molar-refractivity contribution in [2.75, 3.05) is 7.11 Å². The molecule has 1 atom stereocenters. The summed E-state index contributed by atoms with van der Waals surface area (Å²) in [5, 5.41) is 7.61. The molecule has 0 fully saturated rings. The molecule has 1 N–H and O–H groups in total. The van der Waals surface area contributed by atoms with E-state index in [1.54, 1.807) is 11.8 Å². The Kier molecular flexibility index (Phi) is 4.88. The smallest absolute Gasteiger partial charge is 0.270 e. The van der Waals surface area contributed by atoms with Gasteiger partial charge < -0.3 is 10.1 Å². The lowest BCUT2D eigenvalue weighted by Gasteiger charge is -2.26. The minimum atomic E-state index is -0.0546. The van der Waals surface area contributed by atoms with Crippen molar-refractivity contribution in [3.8, 4) is 5.75 Å². The topological polar surface area (TPSA) is 56.1 Å². The van der Waals surface area contributed by atoms with Crippen LogP contribution in [0.2, 0.25) is 0 Å². The van der Waals surface area contributed by atoms with Crippen molar-refractivity contribution in [2.45, 2.75) is 45.1 Å². The van der Waals surface area contributed by atoms with Crippen LogP contribution in [0.15, 0.2) is 24.3 Å². The molecule has 24 heavy (non-hydrogen) atoms. The van der Waals surface area contributed by atoms with E-state index < -0.39 is 0 Å². The summed E-state index contributed by atoms with van der Waals surface area (Å²) in [5.41, 5.74) is 4.06. The third kappa shape index (κ3) is 3.30. The molecule has 1 amide bonds. The number of carbonyl (C=O) groups excluding carboxylic acids is 1. The van der Waals surface area contributed by atoms with Gasteiger partial charge in [0.1, 0.15) is 11.4 Å². The zero-order valence-corrected chi connectivity index (χ0v) is 14.6. The van der Waals surface area contributed by atoms with Gasteiger partial charge in [-0.05, 0) is 55.0 Å². The second kappa shape index (κ2) is 7.07. The maximum atomic E-state index is 12.7. The Morgan fingerprint density at radius 1 is 1.42 bits per heavy atom. The molecule has 0 saturated heterocycles. The van der Waals surface area contributed by atoms with E-state index in [0.29, 0.717) is 5.69 Å². The molecule has 0 aliphatic heterocycles. The number of fused-ring (bicyclic) bond motifs is 1. The van der Waals surface area contributed by atoms with Crippen LogP contribution in [0.3, 0.4) is 0 Å². The highest BCUT2D eigenvalue weighted by atomic mass is 16.5. The van der Waals surface area contributed by atoms with Crippen LogP contribution in [0.4, 0.5) is 0 Å². The van der Waals surface area contributed by atoms with Gasteiger partial charge in [-0.3, -0.25) is 9.48 Å². The third-order valence-electron chi connectivity index (χ3n) is 4.64. The number of amides is 1. The monoisotopic (exact) mass is 327 g/mol. The zero-order valence-electron chi connectivity index (χ0n) is 14.6. The molecule has 2 aromatic rings. The van der Waals surface area contributed by atoms with Crippen molar-refractivity contribution in [1.82, 2.24) is 15.1 Å². The number of nitrogens with one attached hydrogen (secondary N) is 1. The fraction of sp³-hybridized carbons (Fsp3) is 0.474. The molecule has 1 aliphatic carbocycles. The summed E-state index contributed by atoms with van der Waals surface area (Å²) in [7, 11) is 3.51. The highest BCUT2D eigenvalue weighted by Gasteiger charge is 2.24. The molecule has 0 saturated carbocycles. The van der Waals surface area contributed by atoms with Gasteiger partial charge in [-0.1, -0.05) is 19.4 Å². The minimum Gasteiger partial charge on any atom is -0.497 e. The molecule has 3 rings (SSSR count). The molecule has 0 bridgehead atoms. The van der Waals surface area contributed by atoms with Crippen molar-refractivity contribution >= 4 is 5.91 Å². The predicted molar refractivity (Wildman–Crippen MR) is 93.3 cm³/mol. The Hall–Kier alpha value is -2.30. The SMILES string of the molecule is CCCc1cc(C(=O)NC2CCCc3cc(OC)ccc32)n(C)n1. The number of methoxy groups -OCH3 is 1. The normalized spacial score (nSPS) is 16.5. The molecule has 0 spiro atoms. The molecule has 1 aromatic carbocycles. The van der Waals surface area contributed by atoms with E-state index in [4.69, 9.17) is 4.74 Å². The van der Waals surface area contributed by atoms with E-state index >= 15 is 0 Å². The van der Waals surface area contributed by atoms with Crippen molar-refractivity contribution in [1.29, 1.82) is 0 Å². The fourth-order valence-corrected chi connectivity index (χ4v) is 3.42. The lowest BCUT2D eigenvalue weighted by atomic mass is 9.87. The first-order valence-electron chi connectivity index (χ1n) is 8.63. The van der Waals surface area contributed by atoms with Gasteiger partial charge in [-0.25, -0.2) is 0 Å². The van der Waals surface area contributed by atoms with Crippen LogP contribution in [-0.2, 0) is 19.9 Å². The lowest BCUT2D eigenvalue weighted by Crippen LogP contribution is -2.32. The highest BCUT2D eigenvalue weighted by Crippen LogP contribution is 2.32. The Balaban J connectivity index is 1.78. The molecule has 5 nitrogen and oxygen atoms in total. The van der Waals surface area contributed by atoms with Crippen LogP contribution in [-0.4, -0.2) is 22.8 Å². The first-order valence-corrected chi connectivity index (χ1v) is 8.63. The lowest BCUT2D eigenvalue weighted by molar-refractivity contribution is 0.0923. The fourth-order valence-electron chi connectivity index (χ4n) is 3.42.